The first-order valence-electron chi connectivity index (χ1n) is 7.60. The highest BCUT2D eigenvalue weighted by Gasteiger charge is 2.36. The van der Waals surface area contributed by atoms with Crippen LogP contribution in [0.2, 0.25) is 0 Å². The molecule has 0 aliphatic heterocycles. The predicted octanol–water partition coefficient (Wildman–Crippen LogP) is 5.28. The van der Waals surface area contributed by atoms with Gasteiger partial charge in [-0.05, 0) is 31.2 Å². The van der Waals surface area contributed by atoms with Crippen molar-refractivity contribution in [2.45, 2.75) is 47.6 Å². The highest BCUT2D eigenvalue weighted by Crippen LogP contribution is 2.40. The first-order chi connectivity index (χ1) is 11.1. The molecule has 24 heavy (non-hydrogen) atoms. The van der Waals surface area contributed by atoms with E-state index in [1.807, 2.05) is 19.1 Å². The Kier molecular flexibility index (Phi) is 5.42. The molecule has 0 fully saturated rings. The average molecular weight is 360 g/mol. The molecule has 0 aromatic heterocycles. The first-order valence-corrected chi connectivity index (χ1v) is 9.96. The van der Waals surface area contributed by atoms with Crippen LogP contribution in [0, 0.1) is 13.5 Å². The molecule has 3 nitrogen and oxygen atoms in total. The van der Waals surface area contributed by atoms with Crippen molar-refractivity contribution >= 4 is 21.6 Å². The lowest BCUT2D eigenvalue weighted by atomic mass is 10.2. The minimum Gasteiger partial charge on any atom is -0.291 e. The smallest absolute Gasteiger partial charge is 0.291 e. The van der Waals surface area contributed by atoms with Crippen molar-refractivity contribution in [2.75, 3.05) is 0 Å². The lowest BCUT2D eigenvalue weighted by molar-refractivity contribution is 0.589. The molecule has 0 spiro atoms. The fourth-order valence-corrected chi connectivity index (χ4v) is 4.90. The Morgan fingerprint density at radius 2 is 1.62 bits per heavy atom. The zero-order valence-electron chi connectivity index (χ0n) is 14.3. The molecular weight excluding hydrogens is 338 g/mol. The molecule has 2 aromatic rings. The third kappa shape index (κ3) is 4.19. The summed E-state index contributed by atoms with van der Waals surface area (Å²) < 4.78 is 25.9. The summed E-state index contributed by atoms with van der Waals surface area (Å²) >= 11 is 1.58. The number of rotatable bonds is 4. The van der Waals surface area contributed by atoms with E-state index >= 15 is 0 Å². The number of nitrogens with zero attached hydrogens (tertiary/aromatic N) is 1. The summed E-state index contributed by atoms with van der Waals surface area (Å²) in [6.07, 6.45) is 0. The molecule has 5 heteroatoms. The largest absolute Gasteiger partial charge is 0.351 e. The second-order valence-electron chi connectivity index (χ2n) is 6.59. The molecule has 0 aliphatic carbocycles. The Morgan fingerprint density at radius 1 is 1.04 bits per heavy atom. The van der Waals surface area contributed by atoms with Crippen LogP contribution >= 0.6 is 11.8 Å². The summed E-state index contributed by atoms with van der Waals surface area (Å²) in [4.78, 5) is 4.49. The lowest BCUT2D eigenvalue weighted by Crippen LogP contribution is -2.13. The van der Waals surface area contributed by atoms with Crippen molar-refractivity contribution in [3.63, 3.8) is 0 Å². The maximum atomic E-state index is 13.0. The Balaban J connectivity index is 2.53. The van der Waals surface area contributed by atoms with E-state index in [9.17, 15) is 8.42 Å². The summed E-state index contributed by atoms with van der Waals surface area (Å²) in [5.74, 6) is 0. The van der Waals surface area contributed by atoms with Gasteiger partial charge >= 0.3 is 5.37 Å². The Bertz CT molecular complexity index is 857. The van der Waals surface area contributed by atoms with Crippen LogP contribution in [0.15, 0.2) is 58.3 Å². The fourth-order valence-electron chi connectivity index (χ4n) is 2.27. The third-order valence-electron chi connectivity index (χ3n) is 3.36. The van der Waals surface area contributed by atoms with E-state index in [2.05, 4.69) is 25.6 Å². The summed E-state index contributed by atoms with van der Waals surface area (Å²) in [5.41, 5.74) is 1.53. The summed E-state index contributed by atoms with van der Waals surface area (Å²) in [6, 6.07) is 13.9. The van der Waals surface area contributed by atoms with Crippen LogP contribution in [0.5, 0.6) is 0 Å². The molecule has 0 unspecified atom stereocenters. The molecule has 0 amide bonds. The second-order valence-corrected chi connectivity index (χ2v) is 10.5. The molecule has 2 aromatic carbocycles. The van der Waals surface area contributed by atoms with Crippen molar-refractivity contribution in [2.24, 2.45) is 0 Å². The first kappa shape index (κ1) is 18.6. The molecule has 0 saturated heterocycles. The summed E-state index contributed by atoms with van der Waals surface area (Å²) in [7, 11) is -3.77. The minimum atomic E-state index is -3.77. The third-order valence-corrected chi connectivity index (χ3v) is 6.44. The van der Waals surface area contributed by atoms with Crippen molar-refractivity contribution in [3.8, 4) is 0 Å². The van der Waals surface area contributed by atoms with E-state index in [1.165, 1.54) is 0 Å². The SMILES string of the molecule is [C-]#[N+][C@@H](c1ccccc1SC(C)(C)C)S(=O)(=O)c1ccc(C)cc1. The van der Waals surface area contributed by atoms with Gasteiger partial charge in [0, 0.05) is 9.64 Å². The van der Waals surface area contributed by atoms with Crippen LogP contribution in [0.1, 0.15) is 37.3 Å². The van der Waals surface area contributed by atoms with Crippen LogP contribution in [0.3, 0.4) is 0 Å². The highest BCUT2D eigenvalue weighted by atomic mass is 32.2. The number of benzene rings is 2. The average Bonchev–Trinajstić information content (AvgIpc) is 2.48. The van der Waals surface area contributed by atoms with Gasteiger partial charge in [-0.2, -0.15) is 0 Å². The number of thioether (sulfide) groups is 1. The van der Waals surface area contributed by atoms with E-state index in [0.29, 0.717) is 5.56 Å². The van der Waals surface area contributed by atoms with Gasteiger partial charge in [-0.25, -0.2) is 15.0 Å². The molecule has 0 saturated carbocycles. The molecule has 0 aliphatic rings. The van der Waals surface area contributed by atoms with E-state index < -0.39 is 15.2 Å². The molecule has 1 atom stereocenters. The highest BCUT2D eigenvalue weighted by molar-refractivity contribution is 8.00. The normalized spacial score (nSPS) is 13.3. The fraction of sp³-hybridized carbons (Fsp3) is 0.316. The molecule has 0 radical (unpaired) electrons. The molecule has 0 bridgehead atoms. The predicted molar refractivity (Wildman–Crippen MR) is 99.8 cm³/mol. The van der Waals surface area contributed by atoms with Crippen molar-refractivity contribution in [1.29, 1.82) is 0 Å². The van der Waals surface area contributed by atoms with Crippen molar-refractivity contribution < 1.29 is 8.42 Å². The van der Waals surface area contributed by atoms with Crippen LogP contribution in [-0.2, 0) is 9.84 Å². The van der Waals surface area contributed by atoms with Gasteiger partial charge in [-0.15, -0.1) is 11.8 Å². The maximum Gasteiger partial charge on any atom is 0.351 e. The number of hydrogen-bond donors (Lipinski definition) is 0. The zero-order valence-corrected chi connectivity index (χ0v) is 15.9. The van der Waals surface area contributed by atoms with Gasteiger partial charge in [-0.3, -0.25) is 4.85 Å². The monoisotopic (exact) mass is 359 g/mol. The summed E-state index contributed by atoms with van der Waals surface area (Å²) in [5, 5.41) is -1.23. The van der Waals surface area contributed by atoms with Gasteiger partial charge < -0.3 is 0 Å². The Morgan fingerprint density at radius 3 is 2.17 bits per heavy atom. The Hall–Kier alpha value is -1.77. The molecule has 2 rings (SSSR count). The van der Waals surface area contributed by atoms with Gasteiger partial charge in [0.25, 0.3) is 9.84 Å². The standard InChI is InChI=1S/C19H21NO2S2/c1-14-10-12-15(13-11-14)24(21,22)18(20-5)16-8-6-7-9-17(16)23-19(2,3)4/h6-13,18H,1-4H3/t18-/m1/s1. The van der Waals surface area contributed by atoms with Gasteiger partial charge in [0.05, 0.1) is 10.5 Å². The van der Waals surface area contributed by atoms with Crippen molar-refractivity contribution in [1.82, 2.24) is 0 Å². The van der Waals surface area contributed by atoms with E-state index in [4.69, 9.17) is 6.57 Å². The zero-order chi connectivity index (χ0) is 18.0. The van der Waals surface area contributed by atoms with Crippen LogP contribution in [-0.4, -0.2) is 13.2 Å². The van der Waals surface area contributed by atoms with Crippen LogP contribution in [0.4, 0.5) is 0 Å². The van der Waals surface area contributed by atoms with Gasteiger partial charge in [0.2, 0.25) is 0 Å². The van der Waals surface area contributed by atoms with E-state index in [-0.39, 0.29) is 9.64 Å². The lowest BCUT2D eigenvalue weighted by Gasteiger charge is -2.20. The van der Waals surface area contributed by atoms with Gasteiger partial charge in [0.1, 0.15) is 0 Å². The minimum absolute atomic E-state index is 0.0731. The number of sulfone groups is 1. The van der Waals surface area contributed by atoms with Crippen LogP contribution < -0.4 is 0 Å². The molecule has 126 valence electrons. The van der Waals surface area contributed by atoms with Gasteiger partial charge in [-0.1, -0.05) is 50.6 Å². The van der Waals surface area contributed by atoms with Crippen molar-refractivity contribution in [3.05, 3.63) is 71.1 Å². The quantitative estimate of drug-likeness (QED) is 0.551. The molecule has 0 heterocycles. The van der Waals surface area contributed by atoms with Gasteiger partial charge in [0.15, 0.2) is 0 Å². The maximum absolute atomic E-state index is 13.0. The van der Waals surface area contributed by atoms with E-state index in [0.717, 1.165) is 10.5 Å². The molecular formula is C19H21NO2S2. The van der Waals surface area contributed by atoms with E-state index in [1.54, 1.807) is 48.2 Å². The molecule has 0 N–H and O–H groups in total. The number of aryl methyl sites for hydroxylation is 1. The second kappa shape index (κ2) is 7.00. The summed E-state index contributed by atoms with van der Waals surface area (Å²) in [6.45, 7) is 15.6. The number of hydrogen-bond acceptors (Lipinski definition) is 3. The van der Waals surface area contributed by atoms with Crippen LogP contribution in [0.25, 0.3) is 4.85 Å². The topological polar surface area (TPSA) is 38.5 Å². The Labute approximate surface area is 148 Å².